The second kappa shape index (κ2) is 6.67. The number of rotatable bonds is 5. The van der Waals surface area contributed by atoms with Crippen LogP contribution < -0.4 is 10.6 Å². The first-order valence-corrected chi connectivity index (χ1v) is 8.40. The van der Waals surface area contributed by atoms with E-state index in [1.54, 1.807) is 24.3 Å². The first-order valence-electron chi connectivity index (χ1n) is 8.02. The summed E-state index contributed by atoms with van der Waals surface area (Å²) >= 11 is 5.83. The summed E-state index contributed by atoms with van der Waals surface area (Å²) in [5.74, 6) is 0. The molecule has 2 amide bonds. The quantitative estimate of drug-likeness (QED) is 0.835. The molecule has 2 N–H and O–H groups in total. The van der Waals surface area contributed by atoms with Gasteiger partial charge >= 0.3 is 6.03 Å². The molecule has 2 aromatic rings. The number of hydrogen-bond donors (Lipinski definition) is 2. The maximum Gasteiger partial charge on any atom is 0.319 e. The van der Waals surface area contributed by atoms with Gasteiger partial charge in [-0.1, -0.05) is 11.6 Å². The smallest absolute Gasteiger partial charge is 0.319 e. The highest BCUT2D eigenvalue weighted by Crippen LogP contribution is 2.38. The van der Waals surface area contributed by atoms with Crippen LogP contribution in [0.4, 0.5) is 10.5 Å². The van der Waals surface area contributed by atoms with Crippen molar-refractivity contribution in [3.8, 4) is 0 Å². The summed E-state index contributed by atoms with van der Waals surface area (Å²) in [5, 5.41) is 6.36. The lowest BCUT2D eigenvalue weighted by atomic mass is 10.2. The van der Waals surface area contributed by atoms with Gasteiger partial charge in [-0.15, -0.1) is 0 Å². The van der Waals surface area contributed by atoms with Crippen LogP contribution in [0.25, 0.3) is 0 Å². The minimum absolute atomic E-state index is 0.191. The summed E-state index contributed by atoms with van der Waals surface area (Å²) in [4.78, 5) is 11.9. The van der Waals surface area contributed by atoms with Crippen molar-refractivity contribution in [2.24, 2.45) is 0 Å². The molecule has 1 heterocycles. The highest BCUT2D eigenvalue weighted by Gasteiger charge is 2.26. The molecule has 0 bridgehead atoms. The Morgan fingerprint density at radius 3 is 2.61 bits per heavy atom. The van der Waals surface area contributed by atoms with Gasteiger partial charge in [-0.2, -0.15) is 0 Å². The summed E-state index contributed by atoms with van der Waals surface area (Å²) in [6.07, 6.45) is 3.43. The highest BCUT2D eigenvalue weighted by molar-refractivity contribution is 6.30. The van der Waals surface area contributed by atoms with Gasteiger partial charge in [-0.05, 0) is 69.0 Å². The predicted octanol–water partition coefficient (Wildman–Crippen LogP) is 4.46. The average Bonchev–Trinajstić information content (AvgIpc) is 3.29. The lowest BCUT2D eigenvalue weighted by Gasteiger charge is -2.09. The third-order valence-corrected chi connectivity index (χ3v) is 4.54. The van der Waals surface area contributed by atoms with E-state index in [1.807, 2.05) is 0 Å². The molecule has 1 saturated carbocycles. The number of carbonyl (C=O) groups excluding carboxylic acids is 1. The lowest BCUT2D eigenvalue weighted by molar-refractivity contribution is 0.252. The molecule has 4 nitrogen and oxygen atoms in total. The highest BCUT2D eigenvalue weighted by atomic mass is 35.5. The number of anilines is 1. The standard InChI is InChI=1S/C18H22ClN3O/c1-12-11-14(13(2)22(12)17-7-8-17)9-10-20-18(23)21-16-5-3-15(19)4-6-16/h3-6,11,17H,7-10H2,1-2H3,(H2,20,21,23). The number of urea groups is 1. The zero-order valence-corrected chi connectivity index (χ0v) is 14.3. The molecule has 0 radical (unpaired) electrons. The van der Waals surface area contributed by atoms with E-state index in [-0.39, 0.29) is 6.03 Å². The van der Waals surface area contributed by atoms with Crippen molar-refractivity contribution in [3.05, 3.63) is 52.3 Å². The van der Waals surface area contributed by atoms with E-state index in [9.17, 15) is 4.79 Å². The Hall–Kier alpha value is -1.94. The van der Waals surface area contributed by atoms with Crippen LogP contribution in [0.15, 0.2) is 30.3 Å². The molecule has 1 aromatic carbocycles. The molecule has 0 spiro atoms. The summed E-state index contributed by atoms with van der Waals surface area (Å²) < 4.78 is 2.43. The summed E-state index contributed by atoms with van der Waals surface area (Å²) in [6, 6.07) is 9.82. The van der Waals surface area contributed by atoms with Crippen LogP contribution in [0.3, 0.4) is 0 Å². The molecule has 1 aliphatic carbocycles. The Labute approximate surface area is 141 Å². The van der Waals surface area contributed by atoms with Gasteiger partial charge in [0.15, 0.2) is 0 Å². The predicted molar refractivity (Wildman–Crippen MR) is 94.4 cm³/mol. The van der Waals surface area contributed by atoms with Crippen LogP contribution in [0, 0.1) is 13.8 Å². The van der Waals surface area contributed by atoms with Crippen molar-refractivity contribution in [1.82, 2.24) is 9.88 Å². The minimum atomic E-state index is -0.191. The van der Waals surface area contributed by atoms with E-state index < -0.39 is 0 Å². The minimum Gasteiger partial charge on any atom is -0.346 e. The SMILES string of the molecule is Cc1cc(CCNC(=O)Nc2ccc(Cl)cc2)c(C)n1C1CC1. The normalized spacial score (nSPS) is 13.9. The largest absolute Gasteiger partial charge is 0.346 e. The molecular weight excluding hydrogens is 310 g/mol. The first kappa shape index (κ1) is 15.9. The van der Waals surface area contributed by atoms with Crippen molar-refractivity contribution in [2.45, 2.75) is 39.2 Å². The van der Waals surface area contributed by atoms with Gasteiger partial charge in [0.25, 0.3) is 0 Å². The Morgan fingerprint density at radius 1 is 1.26 bits per heavy atom. The second-order valence-corrected chi connectivity index (χ2v) is 6.57. The third-order valence-electron chi connectivity index (χ3n) is 4.28. The molecule has 23 heavy (non-hydrogen) atoms. The topological polar surface area (TPSA) is 46.1 Å². The van der Waals surface area contributed by atoms with Crippen LogP contribution >= 0.6 is 11.6 Å². The van der Waals surface area contributed by atoms with Crippen LogP contribution in [0.2, 0.25) is 5.02 Å². The van der Waals surface area contributed by atoms with Crippen molar-refractivity contribution < 1.29 is 4.79 Å². The van der Waals surface area contributed by atoms with Crippen LogP contribution in [0.5, 0.6) is 0 Å². The number of benzene rings is 1. The molecule has 0 aliphatic heterocycles. The molecule has 1 fully saturated rings. The number of nitrogens with one attached hydrogen (secondary N) is 2. The molecule has 0 saturated heterocycles. The van der Waals surface area contributed by atoms with Crippen LogP contribution in [0.1, 0.15) is 35.8 Å². The van der Waals surface area contributed by atoms with E-state index in [0.29, 0.717) is 17.6 Å². The number of halogens is 1. The molecule has 3 rings (SSSR count). The fourth-order valence-corrected chi connectivity index (χ4v) is 3.14. The molecule has 1 aromatic heterocycles. The Morgan fingerprint density at radius 2 is 1.96 bits per heavy atom. The lowest BCUT2D eigenvalue weighted by Crippen LogP contribution is -2.30. The van der Waals surface area contributed by atoms with Crippen molar-refractivity contribution in [3.63, 3.8) is 0 Å². The maximum atomic E-state index is 11.9. The van der Waals surface area contributed by atoms with Crippen molar-refractivity contribution in [2.75, 3.05) is 11.9 Å². The zero-order valence-electron chi connectivity index (χ0n) is 13.5. The second-order valence-electron chi connectivity index (χ2n) is 6.14. The maximum absolute atomic E-state index is 11.9. The number of aryl methyl sites for hydroxylation is 1. The number of nitrogens with zero attached hydrogens (tertiary/aromatic N) is 1. The number of hydrogen-bond acceptors (Lipinski definition) is 1. The molecular formula is C18H22ClN3O. The van der Waals surface area contributed by atoms with Gasteiger partial charge in [0, 0.05) is 34.7 Å². The average molecular weight is 332 g/mol. The van der Waals surface area contributed by atoms with Crippen LogP contribution in [-0.4, -0.2) is 17.1 Å². The zero-order chi connectivity index (χ0) is 16.4. The fraction of sp³-hybridized carbons (Fsp3) is 0.389. The van der Waals surface area contributed by atoms with Gasteiger partial charge < -0.3 is 15.2 Å². The summed E-state index contributed by atoms with van der Waals surface area (Å²) in [5.41, 5.74) is 4.72. The van der Waals surface area contributed by atoms with Gasteiger partial charge in [0.2, 0.25) is 0 Å². The van der Waals surface area contributed by atoms with E-state index in [4.69, 9.17) is 11.6 Å². The van der Waals surface area contributed by atoms with Gasteiger partial charge in [-0.3, -0.25) is 0 Å². The summed E-state index contributed by atoms with van der Waals surface area (Å²) in [6.45, 7) is 4.96. The van der Waals surface area contributed by atoms with E-state index in [1.165, 1.54) is 29.8 Å². The van der Waals surface area contributed by atoms with Gasteiger partial charge in [0.05, 0.1) is 0 Å². The third kappa shape index (κ3) is 3.88. The van der Waals surface area contributed by atoms with Crippen molar-refractivity contribution >= 4 is 23.3 Å². The molecule has 5 heteroatoms. The molecule has 0 unspecified atom stereocenters. The first-order chi connectivity index (χ1) is 11.0. The van der Waals surface area contributed by atoms with Crippen molar-refractivity contribution in [1.29, 1.82) is 0 Å². The number of amides is 2. The number of carbonyl (C=O) groups is 1. The van der Waals surface area contributed by atoms with E-state index in [0.717, 1.165) is 12.1 Å². The van der Waals surface area contributed by atoms with Crippen LogP contribution in [-0.2, 0) is 6.42 Å². The Kier molecular flexibility index (Phi) is 4.62. The van der Waals surface area contributed by atoms with Gasteiger partial charge in [0.1, 0.15) is 0 Å². The Bertz CT molecular complexity index is 702. The van der Waals surface area contributed by atoms with E-state index >= 15 is 0 Å². The van der Waals surface area contributed by atoms with Gasteiger partial charge in [-0.25, -0.2) is 4.79 Å². The van der Waals surface area contributed by atoms with E-state index in [2.05, 4.69) is 35.1 Å². The monoisotopic (exact) mass is 331 g/mol. The molecule has 0 atom stereocenters. The molecule has 122 valence electrons. The fourth-order valence-electron chi connectivity index (χ4n) is 3.01. The summed E-state index contributed by atoms with van der Waals surface area (Å²) in [7, 11) is 0. The Balaban J connectivity index is 1.50. The molecule has 1 aliphatic rings. The number of aromatic nitrogens is 1.